The van der Waals surface area contributed by atoms with E-state index < -0.39 is 0 Å². The van der Waals surface area contributed by atoms with Gasteiger partial charge in [-0.1, -0.05) is 133 Å². The summed E-state index contributed by atoms with van der Waals surface area (Å²) in [5.74, 6) is 0.658. The van der Waals surface area contributed by atoms with Crippen molar-refractivity contribution < 1.29 is 0 Å². The average Bonchev–Trinajstić information content (AvgIpc) is 3.96. The Balaban J connectivity index is 1.07. The minimum absolute atomic E-state index is 0.658. The predicted octanol–water partition coefficient (Wildman–Crippen LogP) is 14.7. The quantitative estimate of drug-likeness (QED) is 0.179. The topological polar surface area (TPSA) is 35.6 Å². The molecule has 0 saturated heterocycles. The molecule has 0 saturated carbocycles. The molecule has 59 heavy (non-hydrogen) atoms. The largest absolute Gasteiger partial charge is 0.309 e. The SMILES string of the molecule is c1ccc(-n2c3ccc(-c4nc(-n5c6ccccc6c6c7ccccc7ccc65)nc5ccccc45)cc3c3cc(-c4cccc5c4sc4ccccc45)ccc32)cc1. The molecule has 274 valence electrons. The van der Waals surface area contributed by atoms with Crippen molar-refractivity contribution in [3.8, 4) is 34.0 Å². The molecular weight excluding hydrogens is 737 g/mol. The molecule has 0 radical (unpaired) electrons. The van der Waals surface area contributed by atoms with Crippen molar-refractivity contribution in [3.05, 3.63) is 194 Å². The van der Waals surface area contributed by atoms with Gasteiger partial charge >= 0.3 is 0 Å². The maximum atomic E-state index is 5.51. The minimum atomic E-state index is 0.658. The lowest BCUT2D eigenvalue weighted by Gasteiger charge is -2.12. The fraction of sp³-hybridized carbons (Fsp3) is 0. The van der Waals surface area contributed by atoms with E-state index >= 15 is 0 Å². The number of hydrogen-bond acceptors (Lipinski definition) is 3. The van der Waals surface area contributed by atoms with Gasteiger partial charge in [-0.2, -0.15) is 0 Å². The lowest BCUT2D eigenvalue weighted by Crippen LogP contribution is -2.03. The normalized spacial score (nSPS) is 12.1. The molecule has 0 unspecified atom stereocenters. The Hall–Kier alpha value is -7.60. The Bertz CT molecular complexity index is 3850. The predicted molar refractivity (Wildman–Crippen MR) is 249 cm³/mol. The van der Waals surface area contributed by atoms with Crippen molar-refractivity contribution in [2.45, 2.75) is 0 Å². The van der Waals surface area contributed by atoms with Crippen molar-refractivity contribution in [2.75, 3.05) is 0 Å². The summed E-state index contributed by atoms with van der Waals surface area (Å²) in [7, 11) is 0. The van der Waals surface area contributed by atoms with Crippen molar-refractivity contribution in [1.29, 1.82) is 0 Å². The van der Waals surface area contributed by atoms with E-state index in [9.17, 15) is 0 Å². The third-order valence-electron chi connectivity index (χ3n) is 12.1. The lowest BCUT2D eigenvalue weighted by atomic mass is 9.99. The van der Waals surface area contributed by atoms with Gasteiger partial charge in [-0.25, -0.2) is 9.97 Å². The molecule has 13 rings (SSSR count). The summed E-state index contributed by atoms with van der Waals surface area (Å²) in [5.41, 5.74) is 11.0. The zero-order valence-electron chi connectivity index (χ0n) is 31.7. The van der Waals surface area contributed by atoms with Crippen LogP contribution in [0.15, 0.2) is 194 Å². The van der Waals surface area contributed by atoms with Gasteiger partial charge in [0.2, 0.25) is 5.95 Å². The number of thiophene rings is 1. The second-order valence-corrected chi connectivity index (χ2v) is 16.4. The number of nitrogens with zero attached hydrogens (tertiary/aromatic N) is 4. The van der Waals surface area contributed by atoms with E-state index in [0.29, 0.717) is 5.95 Å². The number of para-hydroxylation sites is 3. The Kier molecular flexibility index (Phi) is 6.85. The summed E-state index contributed by atoms with van der Waals surface area (Å²) in [5, 5.41) is 10.9. The molecule has 0 fully saturated rings. The smallest absolute Gasteiger partial charge is 0.235 e. The second-order valence-electron chi connectivity index (χ2n) is 15.3. The molecule has 9 aromatic carbocycles. The zero-order valence-corrected chi connectivity index (χ0v) is 32.5. The van der Waals surface area contributed by atoms with Gasteiger partial charge < -0.3 is 4.57 Å². The first-order valence-electron chi connectivity index (χ1n) is 20.0. The van der Waals surface area contributed by atoms with Crippen LogP contribution in [0.25, 0.3) is 119 Å². The molecule has 0 aliphatic heterocycles. The van der Waals surface area contributed by atoms with Gasteiger partial charge in [-0.3, -0.25) is 4.57 Å². The summed E-state index contributed by atoms with van der Waals surface area (Å²) < 4.78 is 7.27. The standard InChI is InChI=1S/C54H32N4S/c1-2-14-36(15-3-1)57-47-28-26-34(38-20-12-21-40-39-17-8-11-24-50(39)59-53(38)40)31-43(47)44-32-35(27-29-48(44)57)52-41-18-6-9-22-45(41)55-54(56-52)58-46-23-10-7-19-42(46)51-37-16-5-4-13-33(37)25-30-49(51)58/h1-32H. The van der Waals surface area contributed by atoms with E-state index in [-0.39, 0.29) is 0 Å². The summed E-state index contributed by atoms with van der Waals surface area (Å²) in [6.07, 6.45) is 0. The average molecular weight is 769 g/mol. The highest BCUT2D eigenvalue weighted by atomic mass is 32.1. The van der Waals surface area contributed by atoms with Crippen LogP contribution in [-0.4, -0.2) is 19.1 Å². The van der Waals surface area contributed by atoms with Gasteiger partial charge in [0.15, 0.2) is 0 Å². The number of hydrogen-bond donors (Lipinski definition) is 0. The Labute approximate surface area is 342 Å². The summed E-state index contributed by atoms with van der Waals surface area (Å²) in [6.45, 7) is 0. The molecule has 0 spiro atoms. The maximum absolute atomic E-state index is 5.51. The van der Waals surface area contributed by atoms with E-state index in [4.69, 9.17) is 9.97 Å². The fourth-order valence-corrected chi connectivity index (χ4v) is 10.7. The van der Waals surface area contributed by atoms with Crippen LogP contribution in [0.5, 0.6) is 0 Å². The molecule has 0 atom stereocenters. The molecule has 0 aliphatic carbocycles. The van der Waals surface area contributed by atoms with Crippen LogP contribution in [0, 0.1) is 0 Å². The first-order valence-corrected chi connectivity index (χ1v) is 20.8. The van der Waals surface area contributed by atoms with Crippen LogP contribution in [0.1, 0.15) is 0 Å². The molecular formula is C54H32N4S. The number of rotatable bonds is 4. The van der Waals surface area contributed by atoms with Gasteiger partial charge in [0, 0.05) is 58.4 Å². The number of fused-ring (bicyclic) bond motifs is 12. The van der Waals surface area contributed by atoms with Crippen molar-refractivity contribution in [2.24, 2.45) is 0 Å². The van der Waals surface area contributed by atoms with Crippen molar-refractivity contribution >= 4 is 96.8 Å². The van der Waals surface area contributed by atoms with E-state index in [0.717, 1.165) is 44.4 Å². The number of aromatic nitrogens is 4. The summed E-state index contributed by atoms with van der Waals surface area (Å²) >= 11 is 1.88. The van der Waals surface area contributed by atoms with Crippen LogP contribution in [-0.2, 0) is 0 Å². The van der Waals surface area contributed by atoms with Gasteiger partial charge in [0.05, 0.1) is 33.3 Å². The molecule has 13 aromatic rings. The van der Waals surface area contributed by atoms with Gasteiger partial charge in [-0.05, 0) is 82.6 Å². The Morgan fingerprint density at radius 2 is 1.03 bits per heavy atom. The first kappa shape index (κ1) is 32.5. The van der Waals surface area contributed by atoms with Gasteiger partial charge in [-0.15, -0.1) is 11.3 Å². The monoisotopic (exact) mass is 768 g/mol. The van der Waals surface area contributed by atoms with E-state index in [1.165, 1.54) is 69.1 Å². The van der Waals surface area contributed by atoms with E-state index in [1.807, 2.05) is 11.3 Å². The molecule has 0 N–H and O–H groups in total. The fourth-order valence-electron chi connectivity index (χ4n) is 9.51. The third kappa shape index (κ3) is 4.77. The minimum Gasteiger partial charge on any atom is -0.309 e. The molecule has 0 amide bonds. The summed E-state index contributed by atoms with van der Waals surface area (Å²) in [6, 6.07) is 70.1. The highest BCUT2D eigenvalue weighted by Crippen LogP contribution is 2.43. The lowest BCUT2D eigenvalue weighted by molar-refractivity contribution is 1.01. The first-order chi connectivity index (χ1) is 29.3. The molecule has 5 heteroatoms. The van der Waals surface area contributed by atoms with Crippen LogP contribution < -0.4 is 0 Å². The Morgan fingerprint density at radius 3 is 1.90 bits per heavy atom. The van der Waals surface area contributed by atoms with Crippen molar-refractivity contribution in [3.63, 3.8) is 0 Å². The van der Waals surface area contributed by atoms with Crippen LogP contribution >= 0.6 is 11.3 Å². The Morgan fingerprint density at radius 1 is 0.390 bits per heavy atom. The van der Waals surface area contributed by atoms with Crippen LogP contribution in [0.4, 0.5) is 0 Å². The number of benzene rings is 9. The third-order valence-corrected chi connectivity index (χ3v) is 13.3. The molecule has 0 bridgehead atoms. The van der Waals surface area contributed by atoms with Crippen LogP contribution in [0.3, 0.4) is 0 Å². The van der Waals surface area contributed by atoms with Gasteiger partial charge in [0.25, 0.3) is 0 Å². The van der Waals surface area contributed by atoms with Gasteiger partial charge in [0.1, 0.15) is 0 Å². The molecule has 4 heterocycles. The highest BCUT2D eigenvalue weighted by Gasteiger charge is 2.21. The second kappa shape index (κ2) is 12.4. The zero-order chi connectivity index (χ0) is 38.6. The molecule has 0 aliphatic rings. The van der Waals surface area contributed by atoms with E-state index in [1.54, 1.807) is 0 Å². The maximum Gasteiger partial charge on any atom is 0.235 e. The van der Waals surface area contributed by atoms with Crippen molar-refractivity contribution in [1.82, 2.24) is 19.1 Å². The highest BCUT2D eigenvalue weighted by molar-refractivity contribution is 7.26. The summed E-state index contributed by atoms with van der Waals surface area (Å²) in [4.78, 5) is 10.8. The van der Waals surface area contributed by atoms with E-state index in [2.05, 4.69) is 203 Å². The molecule has 4 nitrogen and oxygen atoms in total. The molecule has 4 aromatic heterocycles. The van der Waals surface area contributed by atoms with Crippen LogP contribution in [0.2, 0.25) is 0 Å².